The number of hydrogen-bond donors (Lipinski definition) is 6. The van der Waals surface area contributed by atoms with E-state index in [1.807, 2.05) is 0 Å². The Morgan fingerprint density at radius 3 is 0.740 bits per heavy atom. The van der Waals surface area contributed by atoms with Crippen LogP contribution < -0.4 is 5.32 Å². The molecule has 0 saturated carbocycles. The maximum Gasteiger partial charge on any atom is 0.220 e. The number of unbranched alkanes of at least 4 members (excludes halogenated alkanes) is 71. The van der Waals surface area contributed by atoms with E-state index in [1.165, 1.54) is 430 Å². The van der Waals surface area contributed by atoms with E-state index in [4.69, 9.17) is 9.47 Å². The lowest BCUT2D eigenvalue weighted by Gasteiger charge is -2.40. The maximum absolute atomic E-state index is 13.2. The predicted octanol–water partition coefficient (Wildman–Crippen LogP) is 25.9. The highest BCUT2D eigenvalue weighted by Gasteiger charge is 2.44. The zero-order valence-corrected chi connectivity index (χ0v) is 64.9. The molecule has 1 aliphatic heterocycles. The molecule has 0 bridgehead atoms. The van der Waals surface area contributed by atoms with Crippen LogP contribution in [0.1, 0.15) is 495 Å². The molecular formula is C87H173NO8. The zero-order valence-electron chi connectivity index (χ0n) is 64.9. The van der Waals surface area contributed by atoms with Crippen LogP contribution in [0.3, 0.4) is 0 Å². The van der Waals surface area contributed by atoms with Gasteiger partial charge in [-0.2, -0.15) is 0 Å². The second kappa shape index (κ2) is 76.8. The maximum atomic E-state index is 13.2. The Labute approximate surface area is 599 Å². The fourth-order valence-electron chi connectivity index (χ4n) is 15.1. The van der Waals surface area contributed by atoms with E-state index in [1.54, 1.807) is 0 Å². The van der Waals surface area contributed by atoms with Gasteiger partial charge < -0.3 is 40.3 Å². The number of amides is 1. The smallest absolute Gasteiger partial charge is 0.220 e. The topological polar surface area (TPSA) is 149 Å². The van der Waals surface area contributed by atoms with Crippen molar-refractivity contribution in [3.8, 4) is 0 Å². The molecule has 1 aliphatic rings. The van der Waals surface area contributed by atoms with E-state index in [0.717, 1.165) is 38.5 Å². The highest BCUT2D eigenvalue weighted by Crippen LogP contribution is 2.25. The van der Waals surface area contributed by atoms with Crippen molar-refractivity contribution in [1.29, 1.82) is 0 Å². The van der Waals surface area contributed by atoms with Gasteiger partial charge in [-0.15, -0.1) is 0 Å². The molecule has 9 heteroatoms. The van der Waals surface area contributed by atoms with E-state index < -0.39 is 49.5 Å². The summed E-state index contributed by atoms with van der Waals surface area (Å²) in [6.07, 6.45) is 94.1. The van der Waals surface area contributed by atoms with Gasteiger partial charge in [0.1, 0.15) is 24.4 Å². The minimum Gasteiger partial charge on any atom is -0.394 e. The van der Waals surface area contributed by atoms with Gasteiger partial charge >= 0.3 is 0 Å². The molecule has 6 N–H and O–H groups in total. The number of carbonyl (C=O) groups is 1. The molecule has 7 atom stereocenters. The Morgan fingerprint density at radius 1 is 0.312 bits per heavy atom. The average Bonchev–Trinajstić information content (AvgIpc) is 0.844. The fraction of sp³-hybridized carbons (Fsp3) is 0.989. The van der Waals surface area contributed by atoms with Crippen LogP contribution in [0.2, 0.25) is 0 Å². The van der Waals surface area contributed by atoms with E-state index in [2.05, 4.69) is 19.2 Å². The molecule has 0 aliphatic carbocycles. The van der Waals surface area contributed by atoms with Crippen LogP contribution in [-0.2, 0) is 14.3 Å². The summed E-state index contributed by atoms with van der Waals surface area (Å²) in [5, 5.41) is 55.2. The van der Waals surface area contributed by atoms with Crippen LogP contribution in [0.5, 0.6) is 0 Å². The van der Waals surface area contributed by atoms with Crippen molar-refractivity contribution in [2.45, 2.75) is 538 Å². The lowest BCUT2D eigenvalue weighted by Crippen LogP contribution is -2.60. The van der Waals surface area contributed by atoms with Crippen molar-refractivity contribution in [3.63, 3.8) is 0 Å². The summed E-state index contributed by atoms with van der Waals surface area (Å²) in [7, 11) is 0. The minimum atomic E-state index is -1.55. The summed E-state index contributed by atoms with van der Waals surface area (Å²) in [5.74, 6) is -0.130. The van der Waals surface area contributed by atoms with Gasteiger partial charge in [-0.3, -0.25) is 4.79 Å². The van der Waals surface area contributed by atoms with Crippen LogP contribution in [-0.4, -0.2) is 87.5 Å². The summed E-state index contributed by atoms with van der Waals surface area (Å²) in [6, 6.07) is -0.717. The molecule has 1 heterocycles. The molecule has 96 heavy (non-hydrogen) atoms. The standard InChI is InChI=1S/C87H173NO8/c1-3-5-7-9-11-13-15-17-19-21-23-25-27-29-31-33-35-37-38-39-40-41-42-43-45-47-49-51-53-55-57-59-61-63-65-67-69-71-73-75-77-83(91)88-80(79-95-87-86(94)85(93)84(92)82(78-89)96-87)81(90)76-74-72-70-68-66-64-62-60-58-56-54-52-50-48-46-44-36-34-32-30-28-26-24-22-20-18-16-14-12-10-8-6-4-2/h80-82,84-87,89-90,92-94H,3-79H2,1-2H3,(H,88,91). The number of aliphatic hydroxyl groups is 5. The monoisotopic (exact) mass is 1360 g/mol. The Kier molecular flexibility index (Phi) is 74.6. The number of nitrogens with one attached hydrogen (secondary N) is 1. The summed E-state index contributed by atoms with van der Waals surface area (Å²) in [4.78, 5) is 13.2. The van der Waals surface area contributed by atoms with Gasteiger partial charge in [-0.25, -0.2) is 0 Å². The van der Waals surface area contributed by atoms with E-state index in [0.29, 0.717) is 12.8 Å². The third-order valence-electron chi connectivity index (χ3n) is 22.0. The first-order chi connectivity index (χ1) is 47.3. The van der Waals surface area contributed by atoms with Crippen molar-refractivity contribution in [3.05, 3.63) is 0 Å². The first-order valence-corrected chi connectivity index (χ1v) is 44.2. The largest absolute Gasteiger partial charge is 0.394 e. The lowest BCUT2D eigenvalue weighted by atomic mass is 9.99. The minimum absolute atomic E-state index is 0.130. The Bertz CT molecular complexity index is 1480. The van der Waals surface area contributed by atoms with Crippen molar-refractivity contribution >= 4 is 5.91 Å². The molecule has 7 unspecified atom stereocenters. The number of aliphatic hydroxyl groups excluding tert-OH is 5. The van der Waals surface area contributed by atoms with Crippen LogP contribution >= 0.6 is 0 Å². The van der Waals surface area contributed by atoms with Gasteiger partial charge in [-0.05, 0) is 12.8 Å². The normalized spacial score (nSPS) is 17.3. The van der Waals surface area contributed by atoms with Gasteiger partial charge in [0.05, 0.1) is 25.4 Å². The van der Waals surface area contributed by atoms with E-state index in [-0.39, 0.29) is 12.5 Å². The molecule has 574 valence electrons. The molecule has 1 amide bonds. The first kappa shape index (κ1) is 93.2. The van der Waals surface area contributed by atoms with Gasteiger partial charge in [0.2, 0.25) is 5.91 Å². The van der Waals surface area contributed by atoms with Crippen LogP contribution in [0.4, 0.5) is 0 Å². The zero-order chi connectivity index (χ0) is 69.2. The lowest BCUT2D eigenvalue weighted by molar-refractivity contribution is -0.302. The predicted molar refractivity (Wildman–Crippen MR) is 415 cm³/mol. The Balaban J connectivity index is 1.99. The molecule has 9 nitrogen and oxygen atoms in total. The van der Waals surface area contributed by atoms with Crippen LogP contribution in [0, 0.1) is 0 Å². The summed E-state index contributed by atoms with van der Waals surface area (Å²) < 4.78 is 11.4. The average molecular weight is 1360 g/mol. The molecule has 1 rings (SSSR count). The van der Waals surface area contributed by atoms with Crippen molar-refractivity contribution in [1.82, 2.24) is 5.32 Å². The third kappa shape index (κ3) is 64.1. The molecule has 1 fully saturated rings. The van der Waals surface area contributed by atoms with E-state index >= 15 is 0 Å². The number of carbonyl (C=O) groups excluding carboxylic acids is 1. The third-order valence-corrected chi connectivity index (χ3v) is 22.0. The van der Waals surface area contributed by atoms with Gasteiger partial charge in [0, 0.05) is 6.42 Å². The second-order valence-corrected chi connectivity index (χ2v) is 31.4. The number of rotatable bonds is 81. The van der Waals surface area contributed by atoms with Crippen molar-refractivity contribution in [2.75, 3.05) is 13.2 Å². The Hall–Kier alpha value is -0.810. The first-order valence-electron chi connectivity index (χ1n) is 44.2. The van der Waals surface area contributed by atoms with Gasteiger partial charge in [0.25, 0.3) is 0 Å². The summed E-state index contributed by atoms with van der Waals surface area (Å²) in [6.45, 7) is 3.93. The molecule has 1 saturated heterocycles. The SMILES string of the molecule is CCCCCCCCCCCCCCCCCCCCCCCCCCCCCCCCCCCCCCCCCCC(=O)NC(COC1OC(CO)C(O)C(O)C1O)C(O)CCCCCCCCCCCCCCCCCCCCCCCCCCCCCCCCCCC. The molecule has 0 spiro atoms. The highest BCUT2D eigenvalue weighted by molar-refractivity contribution is 5.76. The fourth-order valence-corrected chi connectivity index (χ4v) is 15.1. The molecule has 0 aromatic rings. The quantitative estimate of drug-likeness (QED) is 0.0330. The molecule has 0 aromatic carbocycles. The van der Waals surface area contributed by atoms with E-state index in [9.17, 15) is 30.3 Å². The molecule has 0 radical (unpaired) electrons. The molecule has 0 aromatic heterocycles. The summed E-state index contributed by atoms with van der Waals surface area (Å²) in [5.41, 5.74) is 0. The Morgan fingerprint density at radius 2 is 0.521 bits per heavy atom. The van der Waals surface area contributed by atoms with Crippen molar-refractivity contribution in [2.24, 2.45) is 0 Å². The highest BCUT2D eigenvalue weighted by atomic mass is 16.7. The van der Waals surface area contributed by atoms with Gasteiger partial charge in [-0.1, -0.05) is 476 Å². The molecular weight excluding hydrogens is 1190 g/mol. The number of ether oxygens (including phenoxy) is 2. The van der Waals surface area contributed by atoms with Crippen LogP contribution in [0.15, 0.2) is 0 Å². The van der Waals surface area contributed by atoms with Crippen molar-refractivity contribution < 1.29 is 39.8 Å². The van der Waals surface area contributed by atoms with Gasteiger partial charge in [0.15, 0.2) is 6.29 Å². The summed E-state index contributed by atoms with van der Waals surface area (Å²) >= 11 is 0. The van der Waals surface area contributed by atoms with Crippen LogP contribution in [0.25, 0.3) is 0 Å². The number of hydrogen-bond acceptors (Lipinski definition) is 8. The second-order valence-electron chi connectivity index (χ2n) is 31.4.